The van der Waals surface area contributed by atoms with Crippen LogP contribution in [0.15, 0.2) is 36.5 Å². The van der Waals surface area contributed by atoms with Gasteiger partial charge in [0.1, 0.15) is 0 Å². The lowest BCUT2D eigenvalue weighted by molar-refractivity contribution is -0.384. The largest absolute Gasteiger partial charge is 0.269 e. The number of fused-ring (bicyclic) bond motifs is 3. The monoisotopic (exact) mass is 429 g/mol. The molecule has 0 saturated heterocycles. The summed E-state index contributed by atoms with van der Waals surface area (Å²) in [6.45, 7) is 5.40. The van der Waals surface area contributed by atoms with Gasteiger partial charge in [-0.3, -0.25) is 19.7 Å². The van der Waals surface area contributed by atoms with E-state index in [0.717, 1.165) is 16.3 Å². The number of nitro benzene ring substituents is 1. The van der Waals surface area contributed by atoms with Crippen molar-refractivity contribution in [3.05, 3.63) is 74.9 Å². The highest BCUT2D eigenvalue weighted by molar-refractivity contribution is 6.37. The lowest BCUT2D eigenvalue weighted by Crippen LogP contribution is -2.29. The van der Waals surface area contributed by atoms with Crippen LogP contribution in [0.1, 0.15) is 37.8 Å². The summed E-state index contributed by atoms with van der Waals surface area (Å²) in [5.74, 6) is -0.782. The van der Waals surface area contributed by atoms with Crippen LogP contribution in [-0.2, 0) is 0 Å². The van der Waals surface area contributed by atoms with Crippen molar-refractivity contribution >= 4 is 34.2 Å². The fourth-order valence-electron chi connectivity index (χ4n) is 3.86. The predicted octanol–water partition coefficient (Wildman–Crippen LogP) is 2.84. The average molecular weight is 429 g/mol. The Morgan fingerprint density at radius 3 is 2.25 bits per heavy atom. The molecule has 0 bridgehead atoms. The zero-order valence-corrected chi connectivity index (χ0v) is 17.2. The van der Waals surface area contributed by atoms with E-state index in [9.17, 15) is 19.7 Å². The molecule has 11 heteroatoms. The Kier molecular flexibility index (Phi) is 4.09. The van der Waals surface area contributed by atoms with Gasteiger partial charge in [-0.1, -0.05) is 0 Å². The van der Waals surface area contributed by atoms with Crippen LogP contribution in [0.2, 0.25) is 0 Å². The SMILES string of the molecule is Cc1cc(C)nc(-n2nc(C)c3c4c(cnc32)C(=O)N(c2ccc([N+](=O)[O-])cc2)C4=O)n1. The number of carbonyl (C=O) groups is 2. The second kappa shape index (κ2) is 6.74. The molecule has 0 unspecified atom stereocenters. The topological polar surface area (TPSA) is 137 Å². The van der Waals surface area contributed by atoms with Gasteiger partial charge in [0.15, 0.2) is 5.65 Å². The molecule has 158 valence electrons. The number of non-ortho nitro benzene ring substituents is 1. The number of imide groups is 1. The van der Waals surface area contributed by atoms with E-state index >= 15 is 0 Å². The number of benzene rings is 1. The first-order valence-electron chi connectivity index (χ1n) is 9.60. The van der Waals surface area contributed by atoms with E-state index in [4.69, 9.17) is 0 Å². The van der Waals surface area contributed by atoms with E-state index < -0.39 is 16.7 Å². The summed E-state index contributed by atoms with van der Waals surface area (Å²) in [5.41, 5.74) is 2.79. The molecule has 4 heterocycles. The van der Waals surface area contributed by atoms with Crippen molar-refractivity contribution in [2.45, 2.75) is 20.8 Å². The number of amides is 2. The molecule has 3 aromatic heterocycles. The minimum atomic E-state index is -0.553. The zero-order chi connectivity index (χ0) is 22.7. The third-order valence-electron chi connectivity index (χ3n) is 5.20. The average Bonchev–Trinajstić information content (AvgIpc) is 3.21. The first-order valence-corrected chi connectivity index (χ1v) is 9.60. The van der Waals surface area contributed by atoms with Gasteiger partial charge in [-0.05, 0) is 39.0 Å². The molecule has 11 nitrogen and oxygen atoms in total. The fraction of sp³-hybridized carbons (Fsp3) is 0.143. The van der Waals surface area contributed by atoms with Crippen molar-refractivity contribution in [2.75, 3.05) is 4.90 Å². The quantitative estimate of drug-likeness (QED) is 0.275. The van der Waals surface area contributed by atoms with Gasteiger partial charge < -0.3 is 0 Å². The maximum atomic E-state index is 13.3. The number of rotatable bonds is 3. The number of carbonyl (C=O) groups excluding carboxylic acids is 2. The van der Waals surface area contributed by atoms with Crippen molar-refractivity contribution < 1.29 is 14.5 Å². The summed E-state index contributed by atoms with van der Waals surface area (Å²) in [6.07, 6.45) is 1.34. The smallest absolute Gasteiger partial charge is 0.268 e. The van der Waals surface area contributed by atoms with Crippen molar-refractivity contribution in [1.82, 2.24) is 24.7 Å². The predicted molar refractivity (Wildman–Crippen MR) is 113 cm³/mol. The van der Waals surface area contributed by atoms with Gasteiger partial charge in [0, 0.05) is 29.7 Å². The van der Waals surface area contributed by atoms with Crippen LogP contribution in [0.4, 0.5) is 11.4 Å². The molecular weight excluding hydrogens is 414 g/mol. The first kappa shape index (κ1) is 19.4. The summed E-state index contributed by atoms with van der Waals surface area (Å²) >= 11 is 0. The molecule has 4 aromatic rings. The molecule has 2 amide bonds. The van der Waals surface area contributed by atoms with E-state index in [1.807, 2.05) is 19.9 Å². The molecular formula is C21H15N7O4. The molecule has 0 saturated carbocycles. The van der Waals surface area contributed by atoms with Gasteiger partial charge in [0.05, 0.1) is 32.8 Å². The van der Waals surface area contributed by atoms with Crippen molar-refractivity contribution in [3.63, 3.8) is 0 Å². The highest BCUT2D eigenvalue weighted by Gasteiger charge is 2.40. The number of nitro groups is 1. The van der Waals surface area contributed by atoms with Crippen LogP contribution in [-0.4, -0.2) is 41.5 Å². The fourth-order valence-corrected chi connectivity index (χ4v) is 3.86. The first-order chi connectivity index (χ1) is 15.3. The van der Waals surface area contributed by atoms with E-state index in [0.29, 0.717) is 22.7 Å². The van der Waals surface area contributed by atoms with Crippen LogP contribution < -0.4 is 4.90 Å². The Morgan fingerprint density at radius 1 is 0.969 bits per heavy atom. The van der Waals surface area contributed by atoms with Crippen LogP contribution in [0.25, 0.3) is 17.0 Å². The minimum Gasteiger partial charge on any atom is -0.268 e. The normalized spacial score (nSPS) is 13.2. The molecule has 1 aliphatic rings. The summed E-state index contributed by atoms with van der Waals surface area (Å²) in [7, 11) is 0. The molecule has 0 spiro atoms. The number of hydrogen-bond donors (Lipinski definition) is 0. The second-order valence-electron chi connectivity index (χ2n) is 7.41. The van der Waals surface area contributed by atoms with Crippen molar-refractivity contribution in [1.29, 1.82) is 0 Å². The number of nitrogens with zero attached hydrogens (tertiary/aromatic N) is 7. The Hall–Kier alpha value is -4.54. The van der Waals surface area contributed by atoms with Crippen LogP contribution in [0, 0.1) is 30.9 Å². The van der Waals surface area contributed by atoms with Crippen molar-refractivity contribution in [3.8, 4) is 5.95 Å². The van der Waals surface area contributed by atoms with Gasteiger partial charge in [0.25, 0.3) is 23.5 Å². The van der Waals surface area contributed by atoms with E-state index in [-0.39, 0.29) is 22.5 Å². The Morgan fingerprint density at radius 2 is 1.62 bits per heavy atom. The number of aryl methyl sites for hydroxylation is 3. The number of pyridine rings is 1. The van der Waals surface area contributed by atoms with Crippen LogP contribution in [0.3, 0.4) is 0 Å². The highest BCUT2D eigenvalue weighted by atomic mass is 16.6. The molecule has 0 N–H and O–H groups in total. The Labute approximate surface area is 180 Å². The van der Waals surface area contributed by atoms with Gasteiger partial charge in [0.2, 0.25) is 0 Å². The molecule has 5 rings (SSSR count). The number of hydrogen-bond acceptors (Lipinski definition) is 8. The standard InChI is InChI=1S/C21H15N7O4/c1-10-8-11(2)24-21(23-10)27-18-16(12(3)25-27)17-15(9-22-18)19(29)26(20(17)30)13-4-6-14(7-5-13)28(31)32/h4-9H,1-3H3. The molecule has 0 fully saturated rings. The molecule has 1 aliphatic heterocycles. The Balaban J connectivity index is 1.67. The lowest BCUT2D eigenvalue weighted by Gasteiger charge is -2.13. The summed E-state index contributed by atoms with van der Waals surface area (Å²) in [4.78, 5) is 50.9. The van der Waals surface area contributed by atoms with Gasteiger partial charge in [-0.2, -0.15) is 9.78 Å². The highest BCUT2D eigenvalue weighted by Crippen LogP contribution is 2.34. The number of aromatic nitrogens is 5. The maximum Gasteiger partial charge on any atom is 0.269 e. The van der Waals surface area contributed by atoms with Crippen LogP contribution in [0.5, 0.6) is 0 Å². The summed E-state index contributed by atoms with van der Waals surface area (Å²) < 4.78 is 1.46. The van der Waals surface area contributed by atoms with E-state index in [2.05, 4.69) is 20.1 Å². The molecule has 1 aromatic carbocycles. The third kappa shape index (κ3) is 2.75. The zero-order valence-electron chi connectivity index (χ0n) is 17.2. The molecule has 0 aliphatic carbocycles. The summed E-state index contributed by atoms with van der Waals surface area (Å²) in [5, 5.41) is 15.8. The second-order valence-corrected chi connectivity index (χ2v) is 7.41. The van der Waals surface area contributed by atoms with E-state index in [1.54, 1.807) is 6.92 Å². The Bertz CT molecular complexity index is 1450. The molecule has 0 radical (unpaired) electrons. The van der Waals surface area contributed by atoms with E-state index in [1.165, 1.54) is 35.1 Å². The third-order valence-corrected chi connectivity index (χ3v) is 5.20. The van der Waals surface area contributed by atoms with Crippen molar-refractivity contribution in [2.24, 2.45) is 0 Å². The van der Waals surface area contributed by atoms with Crippen LogP contribution >= 0.6 is 0 Å². The van der Waals surface area contributed by atoms with Gasteiger partial charge in [-0.15, -0.1) is 0 Å². The maximum absolute atomic E-state index is 13.3. The van der Waals surface area contributed by atoms with Gasteiger partial charge >= 0.3 is 0 Å². The molecule has 0 atom stereocenters. The lowest BCUT2D eigenvalue weighted by atomic mass is 10.1. The van der Waals surface area contributed by atoms with Gasteiger partial charge in [-0.25, -0.2) is 19.9 Å². The summed E-state index contributed by atoms with van der Waals surface area (Å²) in [6, 6.07) is 7.05. The number of anilines is 1. The molecule has 32 heavy (non-hydrogen) atoms. The minimum absolute atomic E-state index is 0.139.